The first-order chi connectivity index (χ1) is 13.0. The van der Waals surface area contributed by atoms with Crippen molar-refractivity contribution in [1.82, 2.24) is 19.9 Å². The van der Waals surface area contributed by atoms with Crippen LogP contribution in [0.25, 0.3) is 0 Å². The van der Waals surface area contributed by atoms with Gasteiger partial charge in [0, 0.05) is 43.9 Å². The van der Waals surface area contributed by atoms with Crippen molar-refractivity contribution in [3.63, 3.8) is 0 Å². The van der Waals surface area contributed by atoms with E-state index in [4.69, 9.17) is 0 Å². The van der Waals surface area contributed by atoms with Gasteiger partial charge in [0.25, 0.3) is 0 Å². The molecule has 0 spiro atoms. The molecule has 0 bridgehead atoms. The van der Waals surface area contributed by atoms with Crippen LogP contribution in [0.1, 0.15) is 30.2 Å². The molecular weight excluding hydrogens is 344 g/mol. The molecule has 0 aliphatic carbocycles. The molecule has 8 heteroatoms. The molecule has 2 aliphatic rings. The zero-order valence-electron chi connectivity index (χ0n) is 15.2. The third-order valence-electron chi connectivity index (χ3n) is 4.83. The van der Waals surface area contributed by atoms with Gasteiger partial charge in [-0.2, -0.15) is 5.10 Å². The Morgan fingerprint density at radius 2 is 2.07 bits per heavy atom. The molecule has 1 unspecified atom stereocenters. The Hall–Kier alpha value is -3.29. The summed E-state index contributed by atoms with van der Waals surface area (Å²) in [5, 5.41) is 8.53. The van der Waals surface area contributed by atoms with Gasteiger partial charge >= 0.3 is 6.03 Å². The largest absolute Gasteiger partial charge is 0.323 e. The molecule has 2 aromatic heterocycles. The minimum absolute atomic E-state index is 0.00388. The number of aromatic nitrogens is 2. The molecule has 2 aliphatic heterocycles. The molecule has 0 aromatic carbocycles. The molecular formula is C19H20N6O2. The summed E-state index contributed by atoms with van der Waals surface area (Å²) in [4.78, 5) is 34.5. The molecule has 0 fully saturated rings. The quantitative estimate of drug-likeness (QED) is 0.885. The van der Waals surface area contributed by atoms with Crippen LogP contribution in [0.4, 0.5) is 10.6 Å². The first kappa shape index (κ1) is 17.1. The van der Waals surface area contributed by atoms with Gasteiger partial charge in [-0.25, -0.2) is 14.8 Å². The second-order valence-electron chi connectivity index (χ2n) is 6.84. The van der Waals surface area contributed by atoms with Gasteiger partial charge in [0.15, 0.2) is 0 Å². The van der Waals surface area contributed by atoms with Gasteiger partial charge in [-0.15, -0.1) is 0 Å². The van der Waals surface area contributed by atoms with Crippen LogP contribution in [-0.2, 0) is 17.9 Å². The number of urea groups is 1. The average molecular weight is 364 g/mol. The van der Waals surface area contributed by atoms with Gasteiger partial charge in [-0.05, 0) is 23.8 Å². The molecule has 0 saturated heterocycles. The summed E-state index contributed by atoms with van der Waals surface area (Å²) in [6, 6.07) is 7.26. The minimum Gasteiger partial charge on any atom is -0.314 e. The molecule has 1 atom stereocenters. The highest BCUT2D eigenvalue weighted by molar-refractivity contribution is 6.05. The fraction of sp³-hybridized carbons (Fsp3) is 0.316. The number of rotatable bonds is 2. The zero-order chi connectivity index (χ0) is 19.0. The van der Waals surface area contributed by atoms with Crippen LogP contribution in [0.15, 0.2) is 41.8 Å². The number of carbonyl (C=O) groups excluding carboxylic acids is 2. The van der Waals surface area contributed by atoms with E-state index in [2.05, 4.69) is 20.4 Å². The van der Waals surface area contributed by atoms with Gasteiger partial charge in [-0.1, -0.05) is 13.0 Å². The molecule has 138 valence electrons. The summed E-state index contributed by atoms with van der Waals surface area (Å²) in [7, 11) is 1.65. The summed E-state index contributed by atoms with van der Waals surface area (Å²) in [5.41, 5.74) is 3.67. The van der Waals surface area contributed by atoms with Crippen molar-refractivity contribution < 1.29 is 9.59 Å². The van der Waals surface area contributed by atoms with Crippen molar-refractivity contribution in [3.05, 3.63) is 53.5 Å². The molecule has 0 saturated carbocycles. The summed E-state index contributed by atoms with van der Waals surface area (Å²) in [5.74, 6) is 0.511. The average Bonchev–Trinajstić information content (AvgIpc) is 3.10. The molecule has 3 amide bonds. The Balaban J connectivity index is 1.44. The van der Waals surface area contributed by atoms with Crippen LogP contribution in [0.2, 0.25) is 0 Å². The number of fused-ring (bicyclic) bond motifs is 1. The third kappa shape index (κ3) is 3.38. The molecule has 27 heavy (non-hydrogen) atoms. The Bertz CT molecular complexity index is 899. The van der Waals surface area contributed by atoms with E-state index in [-0.39, 0.29) is 17.9 Å². The smallest absolute Gasteiger partial charge is 0.314 e. The highest BCUT2D eigenvalue weighted by Crippen LogP contribution is 2.22. The topological polar surface area (TPSA) is 90.8 Å². The summed E-state index contributed by atoms with van der Waals surface area (Å²) in [6.07, 6.45) is 3.84. The van der Waals surface area contributed by atoms with Crippen LogP contribution >= 0.6 is 0 Å². The number of amides is 3. The minimum atomic E-state index is -0.207. The van der Waals surface area contributed by atoms with E-state index in [1.807, 2.05) is 25.1 Å². The number of nitrogens with one attached hydrogen (secondary N) is 1. The number of carbonyl (C=O) groups is 2. The number of hydrogen-bond acceptors (Lipinski definition) is 5. The number of anilines is 1. The maximum Gasteiger partial charge on any atom is 0.323 e. The normalized spacial score (nSPS) is 19.0. The van der Waals surface area contributed by atoms with Gasteiger partial charge in [0.2, 0.25) is 5.91 Å². The summed E-state index contributed by atoms with van der Waals surface area (Å²) in [6.45, 7) is 3.01. The fourth-order valence-electron chi connectivity index (χ4n) is 3.30. The van der Waals surface area contributed by atoms with Crippen molar-refractivity contribution in [2.75, 3.05) is 12.4 Å². The molecule has 4 rings (SSSR count). The summed E-state index contributed by atoms with van der Waals surface area (Å²) >= 11 is 0. The molecule has 8 nitrogen and oxygen atoms in total. The van der Waals surface area contributed by atoms with E-state index >= 15 is 0 Å². The Kier molecular flexibility index (Phi) is 4.31. The van der Waals surface area contributed by atoms with Crippen LogP contribution in [0.5, 0.6) is 0 Å². The lowest BCUT2D eigenvalue weighted by atomic mass is 9.95. The predicted octanol–water partition coefficient (Wildman–Crippen LogP) is 2.23. The van der Waals surface area contributed by atoms with E-state index in [9.17, 15) is 9.59 Å². The molecule has 2 aromatic rings. The van der Waals surface area contributed by atoms with E-state index in [0.717, 1.165) is 22.5 Å². The summed E-state index contributed by atoms with van der Waals surface area (Å²) < 4.78 is 0. The van der Waals surface area contributed by atoms with Gasteiger partial charge in [-0.3, -0.25) is 15.1 Å². The zero-order valence-corrected chi connectivity index (χ0v) is 15.2. The number of hydrazone groups is 1. The Labute approximate surface area is 156 Å². The van der Waals surface area contributed by atoms with E-state index < -0.39 is 0 Å². The van der Waals surface area contributed by atoms with Crippen molar-refractivity contribution in [3.8, 4) is 0 Å². The third-order valence-corrected chi connectivity index (χ3v) is 4.83. The first-order valence-electron chi connectivity index (χ1n) is 8.81. The van der Waals surface area contributed by atoms with Crippen molar-refractivity contribution in [2.24, 2.45) is 11.0 Å². The Morgan fingerprint density at radius 1 is 1.22 bits per heavy atom. The second-order valence-corrected chi connectivity index (χ2v) is 6.84. The van der Waals surface area contributed by atoms with Gasteiger partial charge in [0.05, 0.1) is 18.0 Å². The lowest BCUT2D eigenvalue weighted by molar-refractivity contribution is -0.131. The standard InChI is InChI=1S/C19H20N6O2/c1-12-8-17(26)24(2)23-18(12)13-5-6-16(21-9-13)22-19(27)25-10-14-4-3-7-20-15(14)11-25/h3-7,9,12H,8,10-11H2,1-2H3,(H,21,22,27). The monoisotopic (exact) mass is 364 g/mol. The van der Waals surface area contributed by atoms with Crippen molar-refractivity contribution >= 4 is 23.5 Å². The second kappa shape index (κ2) is 6.79. The van der Waals surface area contributed by atoms with Crippen LogP contribution < -0.4 is 5.32 Å². The Morgan fingerprint density at radius 3 is 2.81 bits per heavy atom. The van der Waals surface area contributed by atoms with Gasteiger partial charge in [0.1, 0.15) is 5.82 Å². The number of nitrogens with zero attached hydrogens (tertiary/aromatic N) is 5. The highest BCUT2D eigenvalue weighted by atomic mass is 16.2. The highest BCUT2D eigenvalue weighted by Gasteiger charge is 2.26. The predicted molar refractivity (Wildman–Crippen MR) is 99.8 cm³/mol. The first-order valence-corrected chi connectivity index (χ1v) is 8.81. The number of pyridine rings is 2. The van der Waals surface area contributed by atoms with E-state index in [1.165, 1.54) is 5.01 Å². The lowest BCUT2D eigenvalue weighted by Gasteiger charge is -2.24. The maximum absolute atomic E-state index is 12.5. The SMILES string of the molecule is CC1CC(=O)N(C)N=C1c1ccc(NC(=O)N2Cc3cccnc3C2)nc1. The van der Waals surface area contributed by atoms with Gasteiger partial charge < -0.3 is 4.90 Å². The van der Waals surface area contributed by atoms with E-state index in [0.29, 0.717) is 25.3 Å². The van der Waals surface area contributed by atoms with Crippen LogP contribution in [0, 0.1) is 5.92 Å². The number of hydrogen-bond donors (Lipinski definition) is 1. The van der Waals surface area contributed by atoms with Crippen molar-refractivity contribution in [1.29, 1.82) is 0 Å². The molecule has 1 N–H and O–H groups in total. The molecule has 4 heterocycles. The van der Waals surface area contributed by atoms with Crippen LogP contribution in [-0.4, -0.2) is 44.6 Å². The molecule has 0 radical (unpaired) electrons. The van der Waals surface area contributed by atoms with E-state index in [1.54, 1.807) is 30.4 Å². The van der Waals surface area contributed by atoms with Crippen molar-refractivity contribution in [2.45, 2.75) is 26.4 Å². The fourth-order valence-corrected chi connectivity index (χ4v) is 3.30. The maximum atomic E-state index is 12.5. The van der Waals surface area contributed by atoms with Crippen LogP contribution in [0.3, 0.4) is 0 Å². The lowest BCUT2D eigenvalue weighted by Crippen LogP contribution is -2.33.